The van der Waals surface area contributed by atoms with E-state index in [0.717, 1.165) is 23.1 Å². The average molecular weight is 249 g/mol. The van der Waals surface area contributed by atoms with Crippen LogP contribution in [0.1, 0.15) is 37.6 Å². The van der Waals surface area contributed by atoms with Crippen LogP contribution in [0, 0.1) is 12.8 Å². The van der Waals surface area contributed by atoms with E-state index in [1.54, 1.807) is 11.3 Å². The van der Waals surface area contributed by atoms with Crippen LogP contribution < -0.4 is 5.32 Å². The lowest BCUT2D eigenvalue weighted by Gasteiger charge is -2.32. The van der Waals surface area contributed by atoms with Gasteiger partial charge < -0.3 is 5.32 Å². The molecule has 0 saturated heterocycles. The van der Waals surface area contributed by atoms with Crippen LogP contribution in [0.2, 0.25) is 0 Å². The van der Waals surface area contributed by atoms with Crippen LogP contribution in [0.25, 0.3) is 4.96 Å². The quantitative estimate of drug-likeness (QED) is 0.902. The standard InChI is InChI=1S/C13H19N3S/c1-9(11-4-3-5-11)14-8-12-10(2)15-13-16(12)6-7-17-13/h6-7,9,11,14H,3-5,8H2,1-2H3. The summed E-state index contributed by atoms with van der Waals surface area (Å²) in [6.07, 6.45) is 6.32. The number of aromatic nitrogens is 2. The zero-order valence-electron chi connectivity index (χ0n) is 10.4. The maximum atomic E-state index is 4.57. The van der Waals surface area contributed by atoms with Gasteiger partial charge in [-0.1, -0.05) is 6.42 Å². The minimum Gasteiger partial charge on any atom is -0.308 e. The summed E-state index contributed by atoms with van der Waals surface area (Å²) < 4.78 is 2.21. The molecule has 1 N–H and O–H groups in total. The Balaban J connectivity index is 1.71. The SMILES string of the molecule is Cc1nc2sccn2c1CNC(C)C1CCC1. The molecule has 1 saturated carbocycles. The lowest BCUT2D eigenvalue weighted by Crippen LogP contribution is -2.36. The molecule has 1 unspecified atom stereocenters. The highest BCUT2D eigenvalue weighted by molar-refractivity contribution is 7.15. The van der Waals surface area contributed by atoms with Crippen LogP contribution in [-0.2, 0) is 6.54 Å². The van der Waals surface area contributed by atoms with Crippen LogP contribution in [-0.4, -0.2) is 15.4 Å². The molecule has 0 radical (unpaired) electrons. The molecule has 17 heavy (non-hydrogen) atoms. The smallest absolute Gasteiger partial charge is 0.194 e. The lowest BCUT2D eigenvalue weighted by atomic mass is 9.80. The Kier molecular flexibility index (Phi) is 2.92. The van der Waals surface area contributed by atoms with Crippen molar-refractivity contribution >= 4 is 16.3 Å². The van der Waals surface area contributed by atoms with Crippen molar-refractivity contribution in [1.82, 2.24) is 14.7 Å². The highest BCUT2D eigenvalue weighted by Crippen LogP contribution is 2.29. The Hall–Kier alpha value is -0.870. The van der Waals surface area contributed by atoms with Crippen molar-refractivity contribution in [3.63, 3.8) is 0 Å². The summed E-state index contributed by atoms with van der Waals surface area (Å²) in [6.45, 7) is 5.34. The molecule has 0 amide bonds. The van der Waals surface area contributed by atoms with Gasteiger partial charge in [-0.2, -0.15) is 0 Å². The minimum atomic E-state index is 0.632. The third-order valence-electron chi connectivity index (χ3n) is 4.01. The van der Waals surface area contributed by atoms with Gasteiger partial charge in [-0.3, -0.25) is 4.40 Å². The van der Waals surface area contributed by atoms with Gasteiger partial charge in [0.2, 0.25) is 0 Å². The maximum absolute atomic E-state index is 4.57. The fourth-order valence-corrected chi connectivity index (χ4v) is 3.30. The zero-order valence-corrected chi connectivity index (χ0v) is 11.3. The predicted octanol–water partition coefficient (Wildman–Crippen LogP) is 2.98. The van der Waals surface area contributed by atoms with E-state index in [1.165, 1.54) is 25.0 Å². The predicted molar refractivity (Wildman–Crippen MR) is 71.4 cm³/mol. The van der Waals surface area contributed by atoms with Gasteiger partial charge in [0.05, 0.1) is 11.4 Å². The van der Waals surface area contributed by atoms with E-state index in [2.05, 4.69) is 40.1 Å². The maximum Gasteiger partial charge on any atom is 0.194 e. The van der Waals surface area contributed by atoms with E-state index in [0.29, 0.717) is 6.04 Å². The number of nitrogens with zero attached hydrogens (tertiary/aromatic N) is 2. The summed E-state index contributed by atoms with van der Waals surface area (Å²) in [5.74, 6) is 0.890. The second kappa shape index (κ2) is 4.42. The van der Waals surface area contributed by atoms with Gasteiger partial charge in [0, 0.05) is 24.2 Å². The summed E-state index contributed by atoms with van der Waals surface area (Å²) in [5, 5.41) is 5.75. The molecule has 0 bridgehead atoms. The van der Waals surface area contributed by atoms with E-state index in [4.69, 9.17) is 0 Å². The van der Waals surface area contributed by atoms with Crippen LogP contribution in [0.4, 0.5) is 0 Å². The Morgan fingerprint density at radius 2 is 2.41 bits per heavy atom. The first-order chi connectivity index (χ1) is 8.25. The first-order valence-electron chi connectivity index (χ1n) is 6.40. The highest BCUT2D eigenvalue weighted by Gasteiger charge is 2.23. The summed E-state index contributed by atoms with van der Waals surface area (Å²) in [7, 11) is 0. The minimum absolute atomic E-state index is 0.632. The van der Waals surface area contributed by atoms with Gasteiger partial charge >= 0.3 is 0 Å². The molecule has 1 fully saturated rings. The third-order valence-corrected chi connectivity index (χ3v) is 4.77. The van der Waals surface area contributed by atoms with Gasteiger partial charge in [0.1, 0.15) is 0 Å². The first kappa shape index (κ1) is 11.2. The van der Waals surface area contributed by atoms with E-state index in [-0.39, 0.29) is 0 Å². The summed E-state index contributed by atoms with van der Waals surface area (Å²) >= 11 is 1.70. The molecule has 0 spiro atoms. The Morgan fingerprint density at radius 1 is 1.59 bits per heavy atom. The molecule has 4 heteroatoms. The van der Waals surface area contributed by atoms with Crippen molar-refractivity contribution in [1.29, 1.82) is 0 Å². The number of imidazole rings is 1. The van der Waals surface area contributed by atoms with Crippen molar-refractivity contribution in [3.8, 4) is 0 Å². The largest absolute Gasteiger partial charge is 0.308 e. The Morgan fingerprint density at radius 3 is 3.12 bits per heavy atom. The van der Waals surface area contributed by atoms with Crippen molar-refractivity contribution in [3.05, 3.63) is 23.0 Å². The average Bonchev–Trinajstić information content (AvgIpc) is 2.73. The molecular weight excluding hydrogens is 230 g/mol. The second-order valence-electron chi connectivity index (χ2n) is 5.06. The molecule has 1 atom stereocenters. The molecule has 2 heterocycles. The number of rotatable bonds is 4. The van der Waals surface area contributed by atoms with Crippen LogP contribution in [0.3, 0.4) is 0 Å². The number of hydrogen-bond acceptors (Lipinski definition) is 3. The third kappa shape index (κ3) is 2.00. The van der Waals surface area contributed by atoms with Gasteiger partial charge in [0.25, 0.3) is 0 Å². The van der Waals surface area contributed by atoms with Crippen molar-refractivity contribution in [2.24, 2.45) is 5.92 Å². The molecule has 0 aliphatic heterocycles. The highest BCUT2D eigenvalue weighted by atomic mass is 32.1. The molecule has 3 rings (SSSR count). The monoisotopic (exact) mass is 249 g/mol. The van der Waals surface area contributed by atoms with Crippen LogP contribution >= 0.6 is 11.3 Å². The van der Waals surface area contributed by atoms with Crippen molar-refractivity contribution in [2.45, 2.75) is 45.7 Å². The molecule has 0 aromatic carbocycles. The van der Waals surface area contributed by atoms with E-state index >= 15 is 0 Å². The van der Waals surface area contributed by atoms with Crippen molar-refractivity contribution in [2.75, 3.05) is 0 Å². The number of fused-ring (bicyclic) bond motifs is 1. The van der Waals surface area contributed by atoms with Gasteiger partial charge in [-0.15, -0.1) is 11.3 Å². The first-order valence-corrected chi connectivity index (χ1v) is 7.28. The molecule has 2 aromatic rings. The van der Waals surface area contributed by atoms with Crippen LogP contribution in [0.15, 0.2) is 11.6 Å². The van der Waals surface area contributed by atoms with Crippen LogP contribution in [0.5, 0.6) is 0 Å². The lowest BCUT2D eigenvalue weighted by molar-refractivity contribution is 0.239. The molecule has 3 nitrogen and oxygen atoms in total. The molecule has 2 aromatic heterocycles. The second-order valence-corrected chi connectivity index (χ2v) is 5.93. The van der Waals surface area contributed by atoms with Gasteiger partial charge in [-0.05, 0) is 32.6 Å². The van der Waals surface area contributed by atoms with E-state index < -0.39 is 0 Å². The van der Waals surface area contributed by atoms with E-state index in [1.807, 2.05) is 0 Å². The summed E-state index contributed by atoms with van der Waals surface area (Å²) in [6, 6.07) is 0.632. The summed E-state index contributed by atoms with van der Waals surface area (Å²) in [5.41, 5.74) is 2.47. The summed E-state index contributed by atoms with van der Waals surface area (Å²) in [4.78, 5) is 5.68. The molecule has 1 aliphatic carbocycles. The molecule has 92 valence electrons. The number of hydrogen-bond donors (Lipinski definition) is 1. The number of thiazole rings is 1. The molecule has 1 aliphatic rings. The van der Waals surface area contributed by atoms with E-state index in [9.17, 15) is 0 Å². The van der Waals surface area contributed by atoms with Crippen molar-refractivity contribution < 1.29 is 0 Å². The zero-order chi connectivity index (χ0) is 11.8. The number of aryl methyl sites for hydroxylation is 1. The molecular formula is C13H19N3S. The Labute approximate surface area is 106 Å². The Bertz CT molecular complexity index is 510. The van der Waals surface area contributed by atoms with Gasteiger partial charge in [-0.25, -0.2) is 4.98 Å². The van der Waals surface area contributed by atoms with Gasteiger partial charge in [0.15, 0.2) is 4.96 Å². The topological polar surface area (TPSA) is 29.3 Å². The normalized spacial score (nSPS) is 18.5. The fourth-order valence-electron chi connectivity index (χ4n) is 2.52. The fraction of sp³-hybridized carbons (Fsp3) is 0.615. The number of nitrogens with one attached hydrogen (secondary N) is 1.